The number of ketones is 1. The van der Waals surface area contributed by atoms with Crippen LogP contribution in [0, 0.1) is 23.2 Å². The van der Waals surface area contributed by atoms with Gasteiger partial charge in [-0.2, -0.15) is 5.26 Å². The molecule has 0 aromatic heterocycles. The largest absolute Gasteiger partial charge is 0.490 e. The molecule has 0 saturated carbocycles. The highest BCUT2D eigenvalue weighted by molar-refractivity contribution is 6.12. The highest BCUT2D eigenvalue weighted by Gasteiger charge is 2.17. The molecule has 0 fully saturated rings. The standard InChI is InChI=1S/C28H23N3O6/c1-36-12-13-37-26-16-24(31-28(34)35)23(15-22(26)11-10-19-6-3-2-4-7-19)30-27(33)17-25(32)21-9-5-8-20(14-21)18-29/h2-9,14-16,31H,12-13,17H2,1H3,(H,30,33)(H,34,35). The van der Waals surface area contributed by atoms with Crippen LogP contribution in [0.15, 0.2) is 66.7 Å². The second-order valence-corrected chi connectivity index (χ2v) is 7.62. The maximum absolute atomic E-state index is 12.7. The molecule has 9 heteroatoms. The van der Waals surface area contributed by atoms with Crippen LogP contribution in [0.1, 0.15) is 33.5 Å². The molecule has 0 atom stereocenters. The number of hydrogen-bond donors (Lipinski definition) is 3. The lowest BCUT2D eigenvalue weighted by atomic mass is 10.1. The number of carbonyl (C=O) groups excluding carboxylic acids is 2. The third-order valence-corrected chi connectivity index (χ3v) is 4.93. The lowest BCUT2D eigenvalue weighted by Crippen LogP contribution is -2.19. The molecular weight excluding hydrogens is 474 g/mol. The molecule has 0 aliphatic heterocycles. The fraction of sp³-hybridized carbons (Fsp3) is 0.143. The zero-order valence-electron chi connectivity index (χ0n) is 19.9. The van der Waals surface area contributed by atoms with Gasteiger partial charge >= 0.3 is 6.09 Å². The number of amides is 2. The molecule has 0 saturated heterocycles. The number of ether oxygens (including phenoxy) is 2. The summed E-state index contributed by atoms with van der Waals surface area (Å²) >= 11 is 0. The Morgan fingerprint density at radius 1 is 0.892 bits per heavy atom. The molecule has 3 aromatic rings. The first-order valence-electron chi connectivity index (χ1n) is 11.1. The number of nitrogens with zero attached hydrogens (tertiary/aromatic N) is 1. The molecule has 3 rings (SSSR count). The average molecular weight is 498 g/mol. The van der Waals surface area contributed by atoms with Crippen molar-refractivity contribution in [3.8, 4) is 23.7 Å². The Hall–Kier alpha value is -5.12. The molecule has 2 amide bonds. The smallest absolute Gasteiger partial charge is 0.409 e. The molecule has 0 aliphatic rings. The summed E-state index contributed by atoms with van der Waals surface area (Å²) in [5.41, 5.74) is 1.78. The van der Waals surface area contributed by atoms with E-state index < -0.39 is 24.2 Å². The summed E-state index contributed by atoms with van der Waals surface area (Å²) in [6, 6.07) is 20.0. The van der Waals surface area contributed by atoms with Crippen molar-refractivity contribution in [1.82, 2.24) is 0 Å². The van der Waals surface area contributed by atoms with Gasteiger partial charge in [-0.25, -0.2) is 4.79 Å². The second-order valence-electron chi connectivity index (χ2n) is 7.62. The van der Waals surface area contributed by atoms with Crippen molar-refractivity contribution in [3.63, 3.8) is 0 Å². The Bertz CT molecular complexity index is 1400. The molecule has 0 unspecified atom stereocenters. The number of nitriles is 1. The van der Waals surface area contributed by atoms with Crippen LogP contribution in [0.3, 0.4) is 0 Å². The van der Waals surface area contributed by atoms with E-state index in [1.54, 1.807) is 12.1 Å². The minimum Gasteiger partial charge on any atom is -0.490 e. The van der Waals surface area contributed by atoms with Crippen LogP contribution >= 0.6 is 0 Å². The fourth-order valence-electron chi connectivity index (χ4n) is 3.22. The van der Waals surface area contributed by atoms with E-state index in [1.807, 2.05) is 36.4 Å². The summed E-state index contributed by atoms with van der Waals surface area (Å²) in [4.78, 5) is 36.7. The Morgan fingerprint density at radius 2 is 1.62 bits per heavy atom. The molecule has 3 aromatic carbocycles. The number of anilines is 2. The van der Waals surface area contributed by atoms with E-state index in [0.717, 1.165) is 5.56 Å². The second kappa shape index (κ2) is 13.1. The normalized spacial score (nSPS) is 9.84. The lowest BCUT2D eigenvalue weighted by Gasteiger charge is -2.15. The summed E-state index contributed by atoms with van der Waals surface area (Å²) in [5, 5.41) is 23.1. The van der Waals surface area contributed by atoms with E-state index in [-0.39, 0.29) is 29.3 Å². The molecule has 0 aliphatic carbocycles. The SMILES string of the molecule is COCCOc1cc(NC(=O)O)c(NC(=O)CC(=O)c2cccc(C#N)c2)cc1C#Cc1ccccc1. The van der Waals surface area contributed by atoms with Gasteiger partial charge in [-0.3, -0.25) is 14.9 Å². The molecule has 186 valence electrons. The first-order chi connectivity index (χ1) is 17.9. The topological polar surface area (TPSA) is 138 Å². The predicted molar refractivity (Wildman–Crippen MR) is 137 cm³/mol. The van der Waals surface area contributed by atoms with Crippen molar-refractivity contribution in [3.05, 3.63) is 89.0 Å². The minimum absolute atomic E-state index is 0.0393. The van der Waals surface area contributed by atoms with Crippen molar-refractivity contribution in [2.75, 3.05) is 31.0 Å². The van der Waals surface area contributed by atoms with Crippen LogP contribution in [-0.4, -0.2) is 43.2 Å². The van der Waals surface area contributed by atoms with E-state index >= 15 is 0 Å². The number of hydrogen-bond acceptors (Lipinski definition) is 6. The molecular formula is C28H23N3O6. The first-order valence-corrected chi connectivity index (χ1v) is 11.1. The summed E-state index contributed by atoms with van der Waals surface area (Å²) in [7, 11) is 1.52. The quantitative estimate of drug-likeness (QED) is 0.174. The molecule has 0 radical (unpaired) electrons. The monoisotopic (exact) mass is 497 g/mol. The Kier molecular flexibility index (Phi) is 9.38. The van der Waals surface area contributed by atoms with Crippen molar-refractivity contribution < 1.29 is 29.0 Å². The summed E-state index contributed by atoms with van der Waals surface area (Å²) in [5.74, 6) is 5.11. The number of rotatable bonds is 9. The summed E-state index contributed by atoms with van der Waals surface area (Å²) in [6.45, 7) is 0.478. The van der Waals surface area contributed by atoms with Crippen LogP contribution in [0.2, 0.25) is 0 Å². The Morgan fingerprint density at radius 3 is 2.32 bits per heavy atom. The van der Waals surface area contributed by atoms with Crippen molar-refractivity contribution in [1.29, 1.82) is 5.26 Å². The van der Waals surface area contributed by atoms with Gasteiger partial charge in [0.05, 0.1) is 41.6 Å². The van der Waals surface area contributed by atoms with Crippen LogP contribution in [0.5, 0.6) is 5.75 Å². The molecule has 0 heterocycles. The fourth-order valence-corrected chi connectivity index (χ4v) is 3.22. The Labute approximate surface area is 213 Å². The van der Waals surface area contributed by atoms with Crippen molar-refractivity contribution >= 4 is 29.2 Å². The van der Waals surface area contributed by atoms with Crippen molar-refractivity contribution in [2.24, 2.45) is 0 Å². The van der Waals surface area contributed by atoms with E-state index in [1.165, 1.54) is 31.4 Å². The highest BCUT2D eigenvalue weighted by atomic mass is 16.5. The van der Waals surface area contributed by atoms with Gasteiger partial charge in [-0.1, -0.05) is 42.2 Å². The maximum atomic E-state index is 12.7. The van der Waals surface area contributed by atoms with Crippen LogP contribution in [0.4, 0.5) is 16.2 Å². The number of Topliss-reactive ketones (excluding diaryl/α,β-unsaturated/α-hetero) is 1. The van der Waals surface area contributed by atoms with Gasteiger partial charge in [-0.05, 0) is 30.3 Å². The lowest BCUT2D eigenvalue weighted by molar-refractivity contribution is -0.115. The van der Waals surface area contributed by atoms with Gasteiger partial charge in [0, 0.05) is 24.3 Å². The molecule has 0 spiro atoms. The van der Waals surface area contributed by atoms with Gasteiger partial charge in [-0.15, -0.1) is 0 Å². The highest BCUT2D eigenvalue weighted by Crippen LogP contribution is 2.31. The van der Waals surface area contributed by atoms with Gasteiger partial charge in [0.1, 0.15) is 12.4 Å². The van der Waals surface area contributed by atoms with Gasteiger partial charge in [0.2, 0.25) is 5.91 Å². The molecule has 37 heavy (non-hydrogen) atoms. The summed E-state index contributed by atoms with van der Waals surface area (Å²) in [6.07, 6.45) is -1.87. The molecule has 0 bridgehead atoms. The number of carboxylic acid groups (broad SMARTS) is 1. The summed E-state index contributed by atoms with van der Waals surface area (Å²) < 4.78 is 10.8. The first kappa shape index (κ1) is 26.5. The van der Waals surface area contributed by atoms with Gasteiger partial charge in [0.25, 0.3) is 0 Å². The molecule has 3 N–H and O–H groups in total. The number of methoxy groups -OCH3 is 1. The van der Waals surface area contributed by atoms with Crippen LogP contribution in [-0.2, 0) is 9.53 Å². The number of nitrogens with one attached hydrogen (secondary N) is 2. The molecule has 9 nitrogen and oxygen atoms in total. The third-order valence-electron chi connectivity index (χ3n) is 4.93. The van der Waals surface area contributed by atoms with E-state index in [4.69, 9.17) is 14.7 Å². The third kappa shape index (κ3) is 7.96. The zero-order chi connectivity index (χ0) is 26.6. The van der Waals surface area contributed by atoms with Crippen LogP contribution in [0.25, 0.3) is 0 Å². The van der Waals surface area contributed by atoms with Crippen LogP contribution < -0.4 is 15.4 Å². The van der Waals surface area contributed by atoms with E-state index in [2.05, 4.69) is 22.5 Å². The Balaban J connectivity index is 1.92. The van der Waals surface area contributed by atoms with E-state index in [9.17, 15) is 19.5 Å². The zero-order valence-corrected chi connectivity index (χ0v) is 19.9. The van der Waals surface area contributed by atoms with Gasteiger partial charge < -0.3 is 19.9 Å². The minimum atomic E-state index is -1.36. The van der Waals surface area contributed by atoms with E-state index in [0.29, 0.717) is 17.7 Å². The maximum Gasteiger partial charge on any atom is 0.409 e. The predicted octanol–water partition coefficient (Wildman–Crippen LogP) is 4.28. The number of benzene rings is 3. The van der Waals surface area contributed by atoms with Gasteiger partial charge in [0.15, 0.2) is 5.78 Å². The number of carbonyl (C=O) groups is 3. The average Bonchev–Trinajstić information content (AvgIpc) is 2.89. The van der Waals surface area contributed by atoms with Crippen molar-refractivity contribution in [2.45, 2.75) is 6.42 Å².